The highest BCUT2D eigenvalue weighted by molar-refractivity contribution is 8.76. The molecular formula is C8H6O14S8. The van der Waals surface area contributed by atoms with E-state index in [9.17, 15) is 43.5 Å². The predicted octanol–water partition coefficient (Wildman–Crippen LogP) is 1.16. The lowest BCUT2D eigenvalue weighted by Gasteiger charge is -2.03. The van der Waals surface area contributed by atoms with Crippen LogP contribution in [0.15, 0.2) is 48.8 Å². The van der Waals surface area contributed by atoms with E-state index >= 15 is 0 Å². The zero-order chi connectivity index (χ0) is 22.9. The fourth-order valence-electron chi connectivity index (χ4n) is 1.71. The third kappa shape index (κ3) is 5.45. The molecule has 0 spiro atoms. The number of hydrogen-bond donors (Lipinski definition) is 6. The van der Waals surface area contributed by atoms with Crippen molar-refractivity contribution in [3.63, 3.8) is 0 Å². The van der Waals surface area contributed by atoms with Crippen LogP contribution in [-0.2, 0) is 66.5 Å². The van der Waals surface area contributed by atoms with Crippen molar-refractivity contribution in [2.24, 2.45) is 0 Å². The summed E-state index contributed by atoms with van der Waals surface area (Å²) in [6.45, 7) is 0. The summed E-state index contributed by atoms with van der Waals surface area (Å²) >= 11 is -18.0. The first-order valence-electron chi connectivity index (χ1n) is 6.21. The smallest absolute Gasteiger partial charge is 0.239 e. The van der Waals surface area contributed by atoms with Crippen molar-refractivity contribution >= 4 is 88.1 Å². The van der Waals surface area contributed by atoms with Gasteiger partial charge in [0.2, 0.25) is 64.7 Å². The van der Waals surface area contributed by atoms with Gasteiger partial charge in [-0.3, -0.25) is 18.2 Å². The Kier molecular flexibility index (Phi) is 9.33. The molecule has 2 aromatic heterocycles. The molecule has 0 bridgehead atoms. The summed E-state index contributed by atoms with van der Waals surface area (Å²) < 4.78 is 134. The highest BCUT2D eigenvalue weighted by Crippen LogP contribution is 2.49. The van der Waals surface area contributed by atoms with Crippen LogP contribution in [0.4, 0.5) is 0 Å². The van der Waals surface area contributed by atoms with E-state index in [-0.39, 0.29) is 21.6 Å². The number of hydrogen-bond acceptors (Lipinski definition) is 10. The fourth-order valence-corrected chi connectivity index (χ4v) is 9.63. The average molecular weight is 583 g/mol. The minimum atomic E-state index is -3.01. The summed E-state index contributed by atoms with van der Waals surface area (Å²) in [4.78, 5) is -3.01. The first-order chi connectivity index (χ1) is 13.9. The average Bonchev–Trinajstić information content (AvgIpc) is 3.18. The number of rotatable bonds is 9. The lowest BCUT2D eigenvalue weighted by atomic mass is 10.6. The van der Waals surface area contributed by atoms with Gasteiger partial charge in [-0.25, -0.2) is 25.3 Å². The van der Waals surface area contributed by atoms with Gasteiger partial charge >= 0.3 is 0 Å². The Morgan fingerprint density at radius 3 is 0.933 bits per heavy atom. The van der Waals surface area contributed by atoms with Gasteiger partial charge in [0.15, 0.2) is 22.2 Å². The minimum absolute atomic E-state index is 0.249. The van der Waals surface area contributed by atoms with Gasteiger partial charge < -0.3 is 17.9 Å². The molecule has 0 aromatic carbocycles. The zero-order valence-electron chi connectivity index (χ0n) is 13.2. The maximum Gasteiger partial charge on any atom is 0.239 e. The van der Waals surface area contributed by atoms with E-state index in [1.807, 2.05) is 0 Å². The van der Waals surface area contributed by atoms with E-state index in [4.69, 9.17) is 17.9 Å². The quantitative estimate of drug-likeness (QED) is 0.179. The molecule has 0 amide bonds. The van der Waals surface area contributed by atoms with Crippen LogP contribution in [0.2, 0.25) is 0 Å². The monoisotopic (exact) mass is 582 g/mol. The standard InChI is InChI=1S/C8H6O14S8/c9-25(10)3-1(5(27(13)14)21-7(3)29(17)18)23-24-2-4(26(11)12)8(30(19)20)22-6(2)28(15)16/h(H,9,10)(H,11,12)(H,13,14)(H,15,16)(H,17,18)(H,19,20). The molecular weight excluding hydrogens is 577 g/mol. The second-order valence-electron chi connectivity index (χ2n) is 4.33. The maximum absolute atomic E-state index is 11.6. The van der Waals surface area contributed by atoms with Crippen LogP contribution in [0.3, 0.4) is 0 Å². The Hall–Kier alpha value is -0.0800. The first-order valence-corrected chi connectivity index (χ1v) is 15.0. The molecule has 170 valence electrons. The second kappa shape index (κ2) is 10.7. The molecule has 6 N–H and O–H groups in total. The van der Waals surface area contributed by atoms with Gasteiger partial charge in [0.05, 0.1) is 9.79 Å². The largest absolute Gasteiger partial charge is 0.431 e. The van der Waals surface area contributed by atoms with E-state index in [0.29, 0.717) is 0 Å². The molecule has 2 rings (SSSR count). The molecule has 14 nitrogen and oxygen atoms in total. The van der Waals surface area contributed by atoms with Gasteiger partial charge in [-0.2, -0.15) is 0 Å². The van der Waals surface area contributed by atoms with Gasteiger partial charge in [-0.15, -0.1) is 0 Å². The Morgan fingerprint density at radius 2 is 0.733 bits per heavy atom. The normalized spacial score (nSPS) is 17.9. The summed E-state index contributed by atoms with van der Waals surface area (Å²) in [6.07, 6.45) is 0. The Bertz CT molecular complexity index is 1040. The third-order valence-corrected chi connectivity index (χ3v) is 9.83. The lowest BCUT2D eigenvalue weighted by molar-refractivity contribution is 0.351. The lowest BCUT2D eigenvalue weighted by Crippen LogP contribution is -1.97. The van der Waals surface area contributed by atoms with Gasteiger partial charge in [0, 0.05) is 0 Å². The van der Waals surface area contributed by atoms with Crippen molar-refractivity contribution in [2.45, 2.75) is 40.0 Å². The molecule has 0 fully saturated rings. The molecule has 0 saturated carbocycles. The van der Waals surface area contributed by atoms with E-state index < -0.39 is 106 Å². The summed E-state index contributed by atoms with van der Waals surface area (Å²) in [5.74, 6) is 0. The van der Waals surface area contributed by atoms with Crippen LogP contribution in [0.25, 0.3) is 0 Å². The van der Waals surface area contributed by atoms with Crippen LogP contribution in [0.1, 0.15) is 0 Å². The fraction of sp³-hybridized carbons (Fsp3) is 0. The van der Waals surface area contributed by atoms with Crippen molar-refractivity contribution in [3.8, 4) is 0 Å². The van der Waals surface area contributed by atoms with Crippen LogP contribution in [0, 0.1) is 0 Å². The van der Waals surface area contributed by atoms with Crippen molar-refractivity contribution < 1.29 is 61.4 Å². The van der Waals surface area contributed by atoms with Crippen LogP contribution in [-0.4, -0.2) is 52.6 Å². The summed E-state index contributed by atoms with van der Waals surface area (Å²) in [6, 6.07) is 0. The molecule has 0 aliphatic carbocycles. The summed E-state index contributed by atoms with van der Waals surface area (Å²) in [5.41, 5.74) is 0. The van der Waals surface area contributed by atoms with Crippen molar-refractivity contribution in [1.82, 2.24) is 0 Å². The van der Waals surface area contributed by atoms with Crippen LogP contribution >= 0.6 is 21.6 Å². The molecule has 6 unspecified atom stereocenters. The Morgan fingerprint density at radius 1 is 0.467 bits per heavy atom. The predicted molar refractivity (Wildman–Crippen MR) is 103 cm³/mol. The van der Waals surface area contributed by atoms with Gasteiger partial charge in [0.1, 0.15) is 9.79 Å². The minimum Gasteiger partial charge on any atom is -0.431 e. The Balaban J connectivity index is 2.67. The van der Waals surface area contributed by atoms with Gasteiger partial charge in [-0.1, -0.05) is 0 Å². The molecule has 0 aliphatic rings. The highest BCUT2D eigenvalue weighted by Gasteiger charge is 2.34. The maximum atomic E-state index is 11.6. The molecule has 0 saturated heterocycles. The molecule has 0 aliphatic heterocycles. The molecule has 2 aromatic rings. The zero-order valence-corrected chi connectivity index (χ0v) is 19.7. The number of furan rings is 2. The molecule has 6 atom stereocenters. The SMILES string of the molecule is O=S(O)c1oc(S(=O)O)c(S(=O)O)c1SSc1c(S(=O)O)oc(S(=O)O)c1S(=O)O. The molecule has 22 heteroatoms. The van der Waals surface area contributed by atoms with Crippen molar-refractivity contribution in [2.75, 3.05) is 0 Å². The molecule has 2 heterocycles. The van der Waals surface area contributed by atoms with Gasteiger partial charge in [0.25, 0.3) is 0 Å². The molecule has 0 radical (unpaired) electrons. The Labute approximate surface area is 188 Å². The second-order valence-corrected chi connectivity index (χ2v) is 11.8. The molecule has 30 heavy (non-hydrogen) atoms. The van der Waals surface area contributed by atoms with E-state index in [1.54, 1.807) is 0 Å². The summed E-state index contributed by atoms with van der Waals surface area (Å²) in [7, 11) is 0.499. The highest BCUT2D eigenvalue weighted by atomic mass is 33.1. The van der Waals surface area contributed by atoms with Crippen LogP contribution < -0.4 is 0 Å². The topological polar surface area (TPSA) is 250 Å². The third-order valence-electron chi connectivity index (χ3n) is 2.72. The van der Waals surface area contributed by atoms with Gasteiger partial charge in [-0.05, 0) is 21.6 Å². The van der Waals surface area contributed by atoms with E-state index in [1.165, 1.54) is 0 Å². The van der Waals surface area contributed by atoms with Crippen LogP contribution in [0.5, 0.6) is 0 Å². The van der Waals surface area contributed by atoms with E-state index in [0.717, 1.165) is 0 Å². The summed E-state index contributed by atoms with van der Waals surface area (Å²) in [5, 5.41) is -3.93. The van der Waals surface area contributed by atoms with Crippen molar-refractivity contribution in [3.05, 3.63) is 0 Å². The van der Waals surface area contributed by atoms with E-state index in [2.05, 4.69) is 0 Å². The first kappa shape index (κ1) is 26.2. The van der Waals surface area contributed by atoms with Crippen molar-refractivity contribution in [1.29, 1.82) is 0 Å².